The van der Waals surface area contributed by atoms with E-state index in [-0.39, 0.29) is 36.1 Å². The van der Waals surface area contributed by atoms with Gasteiger partial charge in [-0.2, -0.15) is 17.9 Å². The largest absolute Gasteiger partial charge is 0.416 e. The fraction of sp³-hybridized carbons (Fsp3) is 0.444. The topological polar surface area (TPSA) is 69.4 Å². The second-order valence-corrected chi connectivity index (χ2v) is 9.68. The number of ether oxygens (including phenoxy) is 1. The van der Waals surface area contributed by atoms with Crippen molar-refractivity contribution in [2.75, 3.05) is 32.8 Å². The Morgan fingerprint density at radius 2 is 1.76 bits per heavy atom. The maximum absolute atomic E-state index is 13.4. The molecule has 0 atom stereocenters. The Balaban J connectivity index is 1.65. The molecule has 2 aromatic carbocycles. The number of morpholine rings is 1. The highest BCUT2D eigenvalue weighted by Crippen LogP contribution is 2.30. The van der Waals surface area contributed by atoms with Crippen LogP contribution in [0.15, 0.2) is 53.3 Å². The van der Waals surface area contributed by atoms with Crippen LogP contribution in [-0.2, 0) is 28.5 Å². The van der Waals surface area contributed by atoms with Crippen LogP contribution in [0.5, 0.6) is 0 Å². The lowest BCUT2D eigenvalue weighted by Crippen LogP contribution is -2.37. The zero-order chi connectivity index (χ0) is 26.6. The normalized spacial score (nSPS) is 14.9. The van der Waals surface area contributed by atoms with Crippen molar-refractivity contribution in [3.05, 3.63) is 76.0 Å². The number of nitrogens with zero attached hydrogens (tertiary/aromatic N) is 4. The number of carbonyl (C=O) groups excluding carboxylic acids is 1. The maximum atomic E-state index is 13.4. The second kappa shape index (κ2) is 11.4. The van der Waals surface area contributed by atoms with Crippen LogP contribution >= 0.6 is 0 Å². The minimum atomic E-state index is -4.57. The zero-order valence-corrected chi connectivity index (χ0v) is 21.0. The van der Waals surface area contributed by atoms with Gasteiger partial charge in [0.15, 0.2) is 0 Å². The van der Waals surface area contributed by atoms with Crippen molar-refractivity contribution in [1.82, 2.24) is 19.2 Å². The number of hydrogen-bond acceptors (Lipinski definition) is 5. The maximum Gasteiger partial charge on any atom is 0.416 e. The molecule has 198 valence electrons. The molecular weight excluding hydrogens is 485 g/mol. The van der Waals surface area contributed by atoms with Gasteiger partial charge in [0.05, 0.1) is 36.6 Å². The van der Waals surface area contributed by atoms with Crippen LogP contribution in [0.3, 0.4) is 0 Å². The number of rotatable bonds is 9. The second-order valence-electron chi connectivity index (χ2n) is 9.68. The van der Waals surface area contributed by atoms with Gasteiger partial charge in [-0.3, -0.25) is 9.69 Å². The van der Waals surface area contributed by atoms with Crippen molar-refractivity contribution in [3.63, 3.8) is 0 Å². The summed E-state index contributed by atoms with van der Waals surface area (Å²) in [6.07, 6.45) is -3.61. The van der Waals surface area contributed by atoms with Crippen molar-refractivity contribution in [1.29, 1.82) is 0 Å². The predicted octanol–water partition coefficient (Wildman–Crippen LogP) is 4.07. The number of ketones is 1. The summed E-state index contributed by atoms with van der Waals surface area (Å²) in [6.45, 7) is 7.97. The van der Waals surface area contributed by atoms with E-state index in [0.717, 1.165) is 66.2 Å². The molecule has 1 saturated heterocycles. The number of Topliss-reactive ketones (excluding diaryl/α,β-unsaturated/α-hetero) is 1. The average molecular weight is 517 g/mol. The lowest BCUT2D eigenvalue weighted by Gasteiger charge is -2.26. The zero-order valence-electron chi connectivity index (χ0n) is 21.0. The number of aromatic nitrogens is 3. The summed E-state index contributed by atoms with van der Waals surface area (Å²) in [6, 6.07) is 11.8. The lowest BCUT2D eigenvalue weighted by atomic mass is 10.1. The molecule has 1 aromatic heterocycles. The van der Waals surface area contributed by atoms with E-state index >= 15 is 0 Å². The fourth-order valence-electron chi connectivity index (χ4n) is 4.39. The van der Waals surface area contributed by atoms with E-state index in [9.17, 15) is 22.8 Å². The summed E-state index contributed by atoms with van der Waals surface area (Å²) in [5.74, 6) is 0.0681. The molecule has 0 spiro atoms. The van der Waals surface area contributed by atoms with Gasteiger partial charge in [0.25, 0.3) is 0 Å². The van der Waals surface area contributed by atoms with Gasteiger partial charge in [0, 0.05) is 26.1 Å². The molecule has 2 heterocycles. The van der Waals surface area contributed by atoms with Crippen LogP contribution in [0.25, 0.3) is 11.4 Å². The van der Waals surface area contributed by atoms with Crippen molar-refractivity contribution in [2.24, 2.45) is 5.92 Å². The van der Waals surface area contributed by atoms with Gasteiger partial charge < -0.3 is 4.74 Å². The fourth-order valence-corrected chi connectivity index (χ4v) is 4.39. The quantitative estimate of drug-likeness (QED) is 0.429. The molecule has 0 amide bonds. The van der Waals surface area contributed by atoms with Gasteiger partial charge in [0.2, 0.25) is 0 Å². The summed E-state index contributed by atoms with van der Waals surface area (Å²) < 4.78 is 47.7. The first-order chi connectivity index (χ1) is 17.6. The first kappa shape index (κ1) is 26.8. The minimum absolute atomic E-state index is 0.0144. The number of halogens is 3. The summed E-state index contributed by atoms with van der Waals surface area (Å²) in [7, 11) is 0. The third-order valence-electron chi connectivity index (χ3n) is 6.27. The van der Waals surface area contributed by atoms with Gasteiger partial charge in [0.1, 0.15) is 11.6 Å². The van der Waals surface area contributed by atoms with E-state index in [1.165, 1.54) is 12.1 Å². The summed E-state index contributed by atoms with van der Waals surface area (Å²) in [4.78, 5) is 28.3. The third-order valence-corrected chi connectivity index (χ3v) is 6.27. The van der Waals surface area contributed by atoms with E-state index in [2.05, 4.69) is 10.00 Å². The molecule has 0 unspecified atom stereocenters. The standard InChI is InChI=1S/C27H31F3N4O3/c1-19(2)16-24(35)18-25-31-34(26(36)33(25)23-5-3-4-21(17-23)27(28,29)30)22-8-6-20(7-9-22)10-11-32-12-14-37-15-13-32/h3-9,17,19H,10-16,18H2,1-2H3. The Bertz CT molecular complexity index is 1270. The third kappa shape index (κ3) is 6.75. The Labute approximate surface area is 213 Å². The van der Waals surface area contributed by atoms with Gasteiger partial charge in [-0.15, -0.1) is 5.10 Å². The van der Waals surface area contributed by atoms with E-state index in [0.29, 0.717) is 5.69 Å². The molecule has 37 heavy (non-hydrogen) atoms. The van der Waals surface area contributed by atoms with E-state index < -0.39 is 17.4 Å². The van der Waals surface area contributed by atoms with Crippen LogP contribution in [0.2, 0.25) is 0 Å². The molecule has 0 aliphatic carbocycles. The Kier molecular flexibility index (Phi) is 8.29. The van der Waals surface area contributed by atoms with Gasteiger partial charge in [-0.05, 0) is 48.2 Å². The number of alkyl halides is 3. The Morgan fingerprint density at radius 3 is 2.41 bits per heavy atom. The molecule has 0 N–H and O–H groups in total. The van der Waals surface area contributed by atoms with Crippen molar-refractivity contribution < 1.29 is 22.7 Å². The smallest absolute Gasteiger partial charge is 0.379 e. The molecule has 1 fully saturated rings. The molecule has 4 rings (SSSR count). The van der Waals surface area contributed by atoms with Crippen LogP contribution in [0, 0.1) is 5.92 Å². The molecule has 1 aliphatic heterocycles. The summed E-state index contributed by atoms with van der Waals surface area (Å²) >= 11 is 0. The minimum Gasteiger partial charge on any atom is -0.379 e. The molecule has 7 nitrogen and oxygen atoms in total. The number of carbonyl (C=O) groups is 1. The first-order valence-electron chi connectivity index (χ1n) is 12.4. The number of hydrogen-bond donors (Lipinski definition) is 0. The van der Waals surface area contributed by atoms with Crippen molar-refractivity contribution in [3.8, 4) is 11.4 Å². The molecule has 1 aliphatic rings. The highest BCUT2D eigenvalue weighted by atomic mass is 19.4. The molecule has 0 bridgehead atoms. The molecule has 0 radical (unpaired) electrons. The van der Waals surface area contributed by atoms with Crippen molar-refractivity contribution in [2.45, 2.75) is 39.3 Å². The Hall–Kier alpha value is -3.24. The van der Waals surface area contributed by atoms with Crippen LogP contribution < -0.4 is 5.69 Å². The highest BCUT2D eigenvalue weighted by molar-refractivity contribution is 5.80. The lowest BCUT2D eigenvalue weighted by molar-refractivity contribution is -0.137. The number of benzene rings is 2. The predicted molar refractivity (Wildman–Crippen MR) is 133 cm³/mol. The summed E-state index contributed by atoms with van der Waals surface area (Å²) in [5.41, 5.74) is 0.0679. The molecular formula is C27H31F3N4O3. The monoisotopic (exact) mass is 516 g/mol. The SMILES string of the molecule is CC(C)CC(=O)Cc1nn(-c2ccc(CCN3CCOCC3)cc2)c(=O)n1-c1cccc(C(F)(F)F)c1. The van der Waals surface area contributed by atoms with E-state index in [1.807, 2.05) is 26.0 Å². The van der Waals surface area contributed by atoms with Crippen LogP contribution in [0.1, 0.15) is 37.2 Å². The van der Waals surface area contributed by atoms with Gasteiger partial charge in [-0.1, -0.05) is 32.0 Å². The first-order valence-corrected chi connectivity index (χ1v) is 12.4. The van der Waals surface area contributed by atoms with Gasteiger partial charge in [-0.25, -0.2) is 9.36 Å². The van der Waals surface area contributed by atoms with Crippen molar-refractivity contribution >= 4 is 5.78 Å². The molecule has 10 heteroatoms. The average Bonchev–Trinajstić information content (AvgIpc) is 3.18. The summed E-state index contributed by atoms with van der Waals surface area (Å²) in [5, 5.41) is 4.39. The highest BCUT2D eigenvalue weighted by Gasteiger charge is 2.31. The molecule has 0 saturated carbocycles. The van der Waals surface area contributed by atoms with E-state index in [1.54, 1.807) is 12.1 Å². The Morgan fingerprint density at radius 1 is 1.05 bits per heavy atom. The van der Waals surface area contributed by atoms with Crippen LogP contribution in [-0.4, -0.2) is 57.9 Å². The molecule has 3 aromatic rings. The van der Waals surface area contributed by atoms with E-state index in [4.69, 9.17) is 4.74 Å². The van der Waals surface area contributed by atoms with Crippen LogP contribution in [0.4, 0.5) is 13.2 Å². The van der Waals surface area contributed by atoms with Gasteiger partial charge >= 0.3 is 11.9 Å².